The maximum absolute atomic E-state index is 13.9. The molecule has 1 aromatic carbocycles. The van der Waals surface area contributed by atoms with Crippen LogP contribution in [-0.2, 0) is 0 Å². The topological polar surface area (TPSA) is 26.0 Å². The summed E-state index contributed by atoms with van der Waals surface area (Å²) < 4.78 is 27.9. The fourth-order valence-corrected chi connectivity index (χ4v) is 3.89. The van der Waals surface area contributed by atoms with Crippen LogP contribution in [-0.4, -0.2) is 11.5 Å². The zero-order valence-corrected chi connectivity index (χ0v) is 12.4. The molecular formula is C13H16BrF2NS. The second-order valence-electron chi connectivity index (χ2n) is 4.65. The molecule has 1 aliphatic heterocycles. The molecule has 100 valence electrons. The van der Waals surface area contributed by atoms with Gasteiger partial charge in [0, 0.05) is 11.6 Å². The van der Waals surface area contributed by atoms with Gasteiger partial charge in [0.2, 0.25) is 0 Å². The van der Waals surface area contributed by atoms with Crippen LogP contribution in [0.4, 0.5) is 8.78 Å². The lowest BCUT2D eigenvalue weighted by molar-refractivity contribution is 0.396. The number of halogens is 3. The van der Waals surface area contributed by atoms with Gasteiger partial charge < -0.3 is 5.73 Å². The Labute approximate surface area is 119 Å². The van der Waals surface area contributed by atoms with Gasteiger partial charge in [0.05, 0.1) is 4.47 Å². The van der Waals surface area contributed by atoms with Crippen molar-refractivity contribution in [2.24, 2.45) is 11.7 Å². The lowest BCUT2D eigenvalue weighted by Crippen LogP contribution is -2.21. The van der Waals surface area contributed by atoms with Crippen LogP contribution in [0, 0.1) is 17.6 Å². The van der Waals surface area contributed by atoms with Crippen molar-refractivity contribution in [3.05, 3.63) is 33.8 Å². The quantitative estimate of drug-likeness (QED) is 0.835. The third-order valence-corrected chi connectivity index (χ3v) is 5.04. The lowest BCUT2D eigenvalue weighted by Gasteiger charge is -2.25. The van der Waals surface area contributed by atoms with E-state index >= 15 is 0 Å². The standard InChI is InChI=1S/C13H16BrF2NS/c14-9-1-2-10(15)12(13(9)16)11(17)7-8-3-5-18-6-4-8/h1-2,8,11H,3-7,17H2. The lowest BCUT2D eigenvalue weighted by atomic mass is 9.91. The van der Waals surface area contributed by atoms with Crippen LogP contribution in [0.2, 0.25) is 0 Å². The summed E-state index contributed by atoms with van der Waals surface area (Å²) in [6.45, 7) is 0. The maximum atomic E-state index is 13.9. The van der Waals surface area contributed by atoms with Gasteiger partial charge in [-0.3, -0.25) is 0 Å². The molecule has 0 aliphatic carbocycles. The van der Waals surface area contributed by atoms with Crippen molar-refractivity contribution in [3.63, 3.8) is 0 Å². The number of thioether (sulfide) groups is 1. The van der Waals surface area contributed by atoms with Crippen LogP contribution in [0.1, 0.15) is 30.9 Å². The van der Waals surface area contributed by atoms with E-state index in [1.54, 1.807) is 0 Å². The normalized spacial score (nSPS) is 18.9. The highest BCUT2D eigenvalue weighted by Gasteiger charge is 2.23. The number of hydrogen-bond donors (Lipinski definition) is 1. The van der Waals surface area contributed by atoms with E-state index in [1.165, 1.54) is 12.1 Å². The minimum Gasteiger partial charge on any atom is -0.324 e. The molecule has 0 aromatic heterocycles. The maximum Gasteiger partial charge on any atom is 0.145 e. The van der Waals surface area contributed by atoms with Crippen molar-refractivity contribution in [1.29, 1.82) is 0 Å². The van der Waals surface area contributed by atoms with Gasteiger partial charge in [-0.25, -0.2) is 8.78 Å². The molecule has 1 aliphatic rings. The first-order valence-corrected chi connectivity index (χ1v) is 8.01. The van der Waals surface area contributed by atoms with Crippen molar-refractivity contribution in [2.45, 2.75) is 25.3 Å². The van der Waals surface area contributed by atoms with Crippen LogP contribution < -0.4 is 5.73 Å². The Morgan fingerprint density at radius 1 is 1.33 bits per heavy atom. The van der Waals surface area contributed by atoms with Crippen LogP contribution in [0.3, 0.4) is 0 Å². The Balaban J connectivity index is 2.12. The van der Waals surface area contributed by atoms with Gasteiger partial charge in [-0.1, -0.05) is 0 Å². The fraction of sp³-hybridized carbons (Fsp3) is 0.538. The summed E-state index contributed by atoms with van der Waals surface area (Å²) in [5, 5.41) is 0. The molecule has 1 atom stereocenters. The monoisotopic (exact) mass is 335 g/mol. The second kappa shape index (κ2) is 6.35. The fourth-order valence-electron chi connectivity index (χ4n) is 2.34. The minimum atomic E-state index is -0.562. The Hall–Kier alpha value is -0.130. The zero-order chi connectivity index (χ0) is 13.1. The Kier molecular flexibility index (Phi) is 5.04. The minimum absolute atomic E-state index is 0.0163. The van der Waals surface area contributed by atoms with Gasteiger partial charge >= 0.3 is 0 Å². The van der Waals surface area contributed by atoms with E-state index in [0.29, 0.717) is 12.3 Å². The molecule has 0 radical (unpaired) electrons. The van der Waals surface area contributed by atoms with E-state index in [1.807, 2.05) is 11.8 Å². The molecule has 0 bridgehead atoms. The molecule has 2 N–H and O–H groups in total. The van der Waals surface area contributed by atoms with Crippen LogP contribution in [0.5, 0.6) is 0 Å². The molecule has 0 amide bonds. The number of nitrogens with two attached hydrogens (primary N) is 1. The van der Waals surface area contributed by atoms with Gasteiger partial charge in [0.25, 0.3) is 0 Å². The van der Waals surface area contributed by atoms with E-state index in [2.05, 4.69) is 15.9 Å². The van der Waals surface area contributed by atoms with E-state index < -0.39 is 17.7 Å². The molecule has 1 nitrogen and oxygen atoms in total. The van der Waals surface area contributed by atoms with E-state index in [9.17, 15) is 8.78 Å². The first kappa shape index (κ1) is 14.3. The highest BCUT2D eigenvalue weighted by Crippen LogP contribution is 2.33. The number of rotatable bonds is 3. The Bertz CT molecular complexity index is 422. The van der Waals surface area contributed by atoms with Crippen LogP contribution in [0.15, 0.2) is 16.6 Å². The summed E-state index contributed by atoms with van der Waals surface area (Å²) in [5.41, 5.74) is 6.01. The molecule has 1 aromatic rings. The zero-order valence-electron chi connectivity index (χ0n) is 9.96. The predicted octanol–water partition coefficient (Wildman–Crippen LogP) is 4.26. The number of hydrogen-bond acceptors (Lipinski definition) is 2. The summed E-state index contributed by atoms with van der Waals surface area (Å²) in [6, 6.07) is 2.08. The smallest absolute Gasteiger partial charge is 0.145 e. The SMILES string of the molecule is NC(CC1CCSCC1)c1c(F)ccc(Br)c1F. The summed E-state index contributed by atoms with van der Waals surface area (Å²) >= 11 is 5.01. The second-order valence-corrected chi connectivity index (χ2v) is 6.73. The predicted molar refractivity (Wildman–Crippen MR) is 75.7 cm³/mol. The largest absolute Gasteiger partial charge is 0.324 e. The molecule has 18 heavy (non-hydrogen) atoms. The summed E-state index contributed by atoms with van der Waals surface area (Å²) in [6.07, 6.45) is 2.84. The average molecular weight is 336 g/mol. The van der Waals surface area contributed by atoms with Crippen LogP contribution >= 0.6 is 27.7 Å². The van der Waals surface area contributed by atoms with E-state index in [4.69, 9.17) is 5.73 Å². The van der Waals surface area contributed by atoms with Crippen molar-refractivity contribution >= 4 is 27.7 Å². The summed E-state index contributed by atoms with van der Waals surface area (Å²) in [5.74, 6) is 1.63. The first-order chi connectivity index (χ1) is 8.59. The van der Waals surface area contributed by atoms with Gasteiger partial charge in [0.15, 0.2) is 0 Å². The van der Waals surface area contributed by atoms with Crippen LogP contribution in [0.25, 0.3) is 0 Å². The van der Waals surface area contributed by atoms with Crippen molar-refractivity contribution in [2.75, 3.05) is 11.5 Å². The molecule has 2 rings (SSSR count). The van der Waals surface area contributed by atoms with Crippen molar-refractivity contribution in [1.82, 2.24) is 0 Å². The average Bonchev–Trinajstić information content (AvgIpc) is 2.36. The van der Waals surface area contributed by atoms with Crippen molar-refractivity contribution in [3.8, 4) is 0 Å². The molecule has 0 saturated carbocycles. The Morgan fingerprint density at radius 3 is 2.67 bits per heavy atom. The van der Waals surface area contributed by atoms with Crippen molar-refractivity contribution < 1.29 is 8.78 Å². The van der Waals surface area contributed by atoms with Gasteiger partial charge in [-0.05, 0) is 64.7 Å². The summed E-state index contributed by atoms with van der Waals surface area (Å²) in [4.78, 5) is 0. The molecule has 1 heterocycles. The molecule has 0 spiro atoms. The van der Waals surface area contributed by atoms with E-state index in [-0.39, 0.29) is 10.0 Å². The van der Waals surface area contributed by atoms with Gasteiger partial charge in [-0.2, -0.15) is 11.8 Å². The third kappa shape index (κ3) is 3.25. The Morgan fingerprint density at radius 2 is 2.00 bits per heavy atom. The number of benzene rings is 1. The highest BCUT2D eigenvalue weighted by molar-refractivity contribution is 9.10. The highest BCUT2D eigenvalue weighted by atomic mass is 79.9. The molecule has 1 unspecified atom stereocenters. The molecule has 1 saturated heterocycles. The molecular weight excluding hydrogens is 320 g/mol. The molecule has 5 heteroatoms. The first-order valence-electron chi connectivity index (χ1n) is 6.06. The third-order valence-electron chi connectivity index (χ3n) is 3.38. The van der Waals surface area contributed by atoms with E-state index in [0.717, 1.165) is 24.3 Å². The van der Waals surface area contributed by atoms with Gasteiger partial charge in [0.1, 0.15) is 11.6 Å². The summed E-state index contributed by atoms with van der Waals surface area (Å²) in [7, 11) is 0. The van der Waals surface area contributed by atoms with Gasteiger partial charge in [-0.15, -0.1) is 0 Å². The molecule has 1 fully saturated rings.